The van der Waals surface area contributed by atoms with E-state index in [1.54, 1.807) is 6.07 Å². The number of carbonyl (C=O) groups is 2. The van der Waals surface area contributed by atoms with Crippen molar-refractivity contribution in [1.82, 2.24) is 0 Å². The summed E-state index contributed by atoms with van der Waals surface area (Å²) in [5.74, 6) is -1.62. The van der Waals surface area contributed by atoms with E-state index in [0.717, 1.165) is 11.1 Å². The molecule has 1 heterocycles. The Labute approximate surface area is 133 Å². The highest BCUT2D eigenvalue weighted by atomic mass is 19.1. The second-order valence-electron chi connectivity index (χ2n) is 5.90. The monoisotopic (exact) mass is 312 g/mol. The third-order valence-electron chi connectivity index (χ3n) is 3.86. The minimum atomic E-state index is -0.625. The molecule has 0 saturated carbocycles. The molecule has 2 N–H and O–H groups in total. The normalized spacial score (nSPS) is 16.5. The number of amides is 2. The third-order valence-corrected chi connectivity index (χ3v) is 3.86. The van der Waals surface area contributed by atoms with Crippen molar-refractivity contribution in [2.24, 2.45) is 0 Å². The first kappa shape index (κ1) is 15.2. The molecule has 2 aromatic rings. The summed E-state index contributed by atoms with van der Waals surface area (Å²) in [6, 6.07) is 9.85. The van der Waals surface area contributed by atoms with Crippen LogP contribution in [0.1, 0.15) is 29.0 Å². The molecule has 1 aliphatic rings. The molecule has 1 aliphatic heterocycles. The molecule has 0 saturated heterocycles. The fraction of sp³-hybridized carbons (Fsp3) is 0.222. The Balaban J connectivity index is 1.89. The Hall–Kier alpha value is -2.69. The van der Waals surface area contributed by atoms with Crippen LogP contribution in [0.25, 0.3) is 0 Å². The van der Waals surface area contributed by atoms with E-state index < -0.39 is 11.7 Å². The molecule has 0 aliphatic carbocycles. The number of hydrogen-bond donors (Lipinski definition) is 2. The average molecular weight is 312 g/mol. The summed E-state index contributed by atoms with van der Waals surface area (Å²) in [6.07, 6.45) is 0.0509. The van der Waals surface area contributed by atoms with Crippen molar-refractivity contribution in [2.75, 3.05) is 10.6 Å². The van der Waals surface area contributed by atoms with Gasteiger partial charge in [-0.15, -0.1) is 0 Å². The van der Waals surface area contributed by atoms with Gasteiger partial charge in [-0.25, -0.2) is 4.39 Å². The van der Waals surface area contributed by atoms with Gasteiger partial charge in [-0.3, -0.25) is 9.59 Å². The van der Waals surface area contributed by atoms with Crippen molar-refractivity contribution in [1.29, 1.82) is 0 Å². The molecule has 1 unspecified atom stereocenters. The fourth-order valence-electron chi connectivity index (χ4n) is 2.95. The molecule has 23 heavy (non-hydrogen) atoms. The van der Waals surface area contributed by atoms with Gasteiger partial charge in [0.1, 0.15) is 5.82 Å². The summed E-state index contributed by atoms with van der Waals surface area (Å²) in [5.41, 5.74) is 3.78. The summed E-state index contributed by atoms with van der Waals surface area (Å²) in [5, 5.41) is 5.47. The quantitative estimate of drug-likeness (QED) is 0.891. The highest BCUT2D eigenvalue weighted by molar-refractivity contribution is 6.05. The van der Waals surface area contributed by atoms with E-state index in [0.29, 0.717) is 16.9 Å². The second kappa shape index (κ2) is 5.83. The van der Waals surface area contributed by atoms with Crippen molar-refractivity contribution >= 4 is 23.2 Å². The van der Waals surface area contributed by atoms with Crippen molar-refractivity contribution < 1.29 is 14.0 Å². The topological polar surface area (TPSA) is 58.2 Å². The lowest BCUT2D eigenvalue weighted by Crippen LogP contribution is -2.30. The minimum absolute atomic E-state index is 0.0509. The Morgan fingerprint density at radius 1 is 1.17 bits per heavy atom. The predicted molar refractivity (Wildman–Crippen MR) is 86.9 cm³/mol. The summed E-state index contributed by atoms with van der Waals surface area (Å²) < 4.78 is 13.3. The molecule has 0 bridgehead atoms. The number of aryl methyl sites for hydroxylation is 2. The number of halogens is 1. The van der Waals surface area contributed by atoms with Crippen LogP contribution in [0.3, 0.4) is 0 Å². The van der Waals surface area contributed by atoms with Gasteiger partial charge in [-0.2, -0.15) is 0 Å². The van der Waals surface area contributed by atoms with Gasteiger partial charge in [-0.05, 0) is 54.8 Å². The van der Waals surface area contributed by atoms with Crippen LogP contribution in [-0.4, -0.2) is 11.8 Å². The number of hydrogen-bond acceptors (Lipinski definition) is 2. The van der Waals surface area contributed by atoms with Crippen LogP contribution in [-0.2, 0) is 9.59 Å². The zero-order valence-electron chi connectivity index (χ0n) is 12.9. The Morgan fingerprint density at radius 2 is 1.87 bits per heavy atom. The fourth-order valence-corrected chi connectivity index (χ4v) is 2.95. The molecule has 5 heteroatoms. The van der Waals surface area contributed by atoms with Gasteiger partial charge in [0.05, 0.1) is 5.92 Å². The molecule has 0 aromatic heterocycles. The van der Waals surface area contributed by atoms with E-state index in [1.807, 2.05) is 32.0 Å². The highest BCUT2D eigenvalue weighted by Gasteiger charge is 2.31. The molecule has 118 valence electrons. The van der Waals surface area contributed by atoms with E-state index in [2.05, 4.69) is 10.6 Å². The Morgan fingerprint density at radius 3 is 2.57 bits per heavy atom. The summed E-state index contributed by atoms with van der Waals surface area (Å²) in [7, 11) is 0. The molecule has 4 nitrogen and oxygen atoms in total. The van der Waals surface area contributed by atoms with Crippen molar-refractivity contribution in [3.8, 4) is 0 Å². The number of fused-ring (bicyclic) bond motifs is 1. The van der Waals surface area contributed by atoms with E-state index >= 15 is 0 Å². The van der Waals surface area contributed by atoms with Crippen LogP contribution in [0.5, 0.6) is 0 Å². The molecule has 0 fully saturated rings. The van der Waals surface area contributed by atoms with E-state index in [1.165, 1.54) is 12.1 Å². The molecule has 0 radical (unpaired) electrons. The molecular formula is C18H17FN2O2. The second-order valence-corrected chi connectivity index (χ2v) is 5.90. The lowest BCUT2D eigenvalue weighted by molar-refractivity contribution is -0.123. The van der Waals surface area contributed by atoms with Crippen molar-refractivity contribution in [2.45, 2.75) is 26.2 Å². The lowest BCUT2D eigenvalue weighted by Gasteiger charge is -2.25. The number of rotatable bonds is 2. The van der Waals surface area contributed by atoms with Gasteiger partial charge in [0, 0.05) is 17.8 Å². The summed E-state index contributed by atoms with van der Waals surface area (Å²) in [4.78, 5) is 24.4. The number of anilines is 2. The largest absolute Gasteiger partial charge is 0.326 e. The van der Waals surface area contributed by atoms with Gasteiger partial charge >= 0.3 is 0 Å². The highest BCUT2D eigenvalue weighted by Crippen LogP contribution is 2.33. The number of carbonyl (C=O) groups excluding carboxylic acids is 2. The Bertz CT molecular complexity index is 781. The zero-order chi connectivity index (χ0) is 16.6. The van der Waals surface area contributed by atoms with Crippen LogP contribution in [0, 0.1) is 19.7 Å². The molecular weight excluding hydrogens is 295 g/mol. The SMILES string of the molecule is Cc1cc(C)cc(NC(=O)C2CC(=O)Nc3cc(F)ccc32)c1. The number of benzene rings is 2. The van der Waals surface area contributed by atoms with Gasteiger partial charge < -0.3 is 10.6 Å². The lowest BCUT2D eigenvalue weighted by atomic mass is 9.89. The van der Waals surface area contributed by atoms with Crippen LogP contribution in [0.2, 0.25) is 0 Å². The first-order chi connectivity index (χ1) is 10.9. The average Bonchev–Trinajstić information content (AvgIpc) is 2.44. The van der Waals surface area contributed by atoms with Gasteiger partial charge in [-0.1, -0.05) is 12.1 Å². The predicted octanol–water partition coefficient (Wildman–Crippen LogP) is 3.51. The Kier molecular flexibility index (Phi) is 3.86. The maximum Gasteiger partial charge on any atom is 0.232 e. The van der Waals surface area contributed by atoms with Gasteiger partial charge in [0.25, 0.3) is 0 Å². The zero-order valence-corrected chi connectivity index (χ0v) is 12.9. The van der Waals surface area contributed by atoms with Crippen LogP contribution >= 0.6 is 0 Å². The molecule has 0 spiro atoms. The van der Waals surface area contributed by atoms with Gasteiger partial charge in [0.15, 0.2) is 0 Å². The smallest absolute Gasteiger partial charge is 0.232 e. The summed E-state index contributed by atoms with van der Waals surface area (Å²) in [6.45, 7) is 3.91. The first-order valence-corrected chi connectivity index (χ1v) is 7.41. The molecule has 3 rings (SSSR count). The standard InChI is InChI=1S/C18H17FN2O2/c1-10-5-11(2)7-13(6-10)20-18(23)15-9-17(22)21-16-8-12(19)3-4-14(15)16/h3-8,15H,9H2,1-2H3,(H,20,23)(H,21,22). The summed E-state index contributed by atoms with van der Waals surface area (Å²) >= 11 is 0. The number of nitrogens with one attached hydrogen (secondary N) is 2. The molecule has 1 atom stereocenters. The van der Waals surface area contributed by atoms with E-state index in [9.17, 15) is 14.0 Å². The van der Waals surface area contributed by atoms with Crippen molar-refractivity contribution in [3.05, 3.63) is 58.9 Å². The van der Waals surface area contributed by atoms with Crippen molar-refractivity contribution in [3.63, 3.8) is 0 Å². The first-order valence-electron chi connectivity index (χ1n) is 7.41. The maximum absolute atomic E-state index is 13.3. The van der Waals surface area contributed by atoms with Gasteiger partial charge in [0.2, 0.25) is 11.8 Å². The van der Waals surface area contributed by atoms with Crippen LogP contribution in [0.4, 0.5) is 15.8 Å². The molecule has 2 aromatic carbocycles. The van der Waals surface area contributed by atoms with E-state index in [-0.39, 0.29) is 18.2 Å². The minimum Gasteiger partial charge on any atom is -0.326 e. The van der Waals surface area contributed by atoms with Crippen LogP contribution < -0.4 is 10.6 Å². The third kappa shape index (κ3) is 3.23. The maximum atomic E-state index is 13.3. The van der Waals surface area contributed by atoms with E-state index in [4.69, 9.17) is 0 Å². The van der Waals surface area contributed by atoms with Crippen LogP contribution in [0.15, 0.2) is 36.4 Å². The molecule has 2 amide bonds.